The number of aryl methyl sites for hydroxylation is 1. The Bertz CT molecular complexity index is 337. The summed E-state index contributed by atoms with van der Waals surface area (Å²) in [6.07, 6.45) is 3.79. The predicted molar refractivity (Wildman–Crippen MR) is 75.0 cm³/mol. The normalized spacial score (nSPS) is 17.0. The second kappa shape index (κ2) is 6.92. The Morgan fingerprint density at radius 3 is 2.94 bits per heavy atom. The van der Waals surface area contributed by atoms with Crippen LogP contribution >= 0.6 is 11.8 Å². The molecule has 0 unspecified atom stereocenters. The minimum absolute atomic E-state index is 0.863. The maximum absolute atomic E-state index is 5.24. The summed E-state index contributed by atoms with van der Waals surface area (Å²) < 4.78 is 5.24. The van der Waals surface area contributed by atoms with E-state index in [4.69, 9.17) is 4.74 Å². The molecule has 1 aromatic carbocycles. The Morgan fingerprint density at radius 2 is 2.18 bits per heavy atom. The van der Waals surface area contributed by atoms with E-state index >= 15 is 0 Å². The van der Waals surface area contributed by atoms with Gasteiger partial charge in [-0.2, -0.15) is 11.8 Å². The summed E-state index contributed by atoms with van der Waals surface area (Å²) in [4.78, 5) is 0. The van der Waals surface area contributed by atoms with Gasteiger partial charge in [0.05, 0.1) is 7.11 Å². The Labute approximate surface area is 108 Å². The lowest BCUT2D eigenvalue weighted by Crippen LogP contribution is -2.29. The molecule has 0 bridgehead atoms. The summed E-state index contributed by atoms with van der Waals surface area (Å²) >= 11 is 2.12. The molecular formula is C14H21NOS. The highest BCUT2D eigenvalue weighted by Crippen LogP contribution is 2.22. The summed E-state index contributed by atoms with van der Waals surface area (Å²) in [7, 11) is 1.73. The van der Waals surface area contributed by atoms with Gasteiger partial charge in [0.2, 0.25) is 0 Å². The van der Waals surface area contributed by atoms with Crippen LogP contribution in [0.15, 0.2) is 24.3 Å². The monoisotopic (exact) mass is 251 g/mol. The number of hydrogen-bond donors (Lipinski definition) is 1. The van der Waals surface area contributed by atoms with E-state index in [1.807, 2.05) is 6.07 Å². The molecule has 0 radical (unpaired) electrons. The molecule has 1 aliphatic heterocycles. The molecule has 1 aromatic rings. The lowest BCUT2D eigenvalue weighted by atomic mass is 10.1. The molecule has 0 amide bonds. The highest BCUT2D eigenvalue weighted by molar-refractivity contribution is 7.99. The van der Waals surface area contributed by atoms with Gasteiger partial charge in [-0.1, -0.05) is 12.1 Å². The summed E-state index contributed by atoms with van der Waals surface area (Å²) in [6.45, 7) is 2.38. The number of nitrogens with one attached hydrogen (secondary N) is 1. The molecule has 1 aliphatic rings. The van der Waals surface area contributed by atoms with Crippen molar-refractivity contribution in [3.05, 3.63) is 29.8 Å². The molecule has 1 N–H and O–H groups in total. The van der Waals surface area contributed by atoms with E-state index in [-0.39, 0.29) is 0 Å². The van der Waals surface area contributed by atoms with Crippen LogP contribution in [0.25, 0.3) is 0 Å². The van der Waals surface area contributed by atoms with Crippen LogP contribution in [0.2, 0.25) is 0 Å². The molecule has 1 fully saturated rings. The van der Waals surface area contributed by atoms with Gasteiger partial charge in [-0.05, 0) is 55.8 Å². The first kappa shape index (κ1) is 12.8. The van der Waals surface area contributed by atoms with Crippen molar-refractivity contribution in [1.29, 1.82) is 0 Å². The topological polar surface area (TPSA) is 21.3 Å². The molecular weight excluding hydrogens is 230 g/mol. The highest BCUT2D eigenvalue weighted by atomic mass is 32.2. The molecule has 0 atom stereocenters. The molecule has 2 rings (SSSR count). The first-order valence-corrected chi connectivity index (χ1v) is 7.38. The van der Waals surface area contributed by atoms with E-state index < -0.39 is 0 Å². The van der Waals surface area contributed by atoms with Crippen LogP contribution in [0.4, 0.5) is 0 Å². The molecule has 1 saturated heterocycles. The second-order valence-electron chi connectivity index (χ2n) is 4.42. The van der Waals surface area contributed by atoms with Gasteiger partial charge >= 0.3 is 0 Å². The minimum atomic E-state index is 0.863. The van der Waals surface area contributed by atoms with Crippen LogP contribution in [0, 0.1) is 0 Å². The van der Waals surface area contributed by atoms with Gasteiger partial charge in [0.1, 0.15) is 5.75 Å². The van der Waals surface area contributed by atoms with Crippen LogP contribution in [0.5, 0.6) is 5.75 Å². The largest absolute Gasteiger partial charge is 0.497 e. The third kappa shape index (κ3) is 4.25. The summed E-state index contributed by atoms with van der Waals surface area (Å²) in [5, 5.41) is 4.27. The number of ether oxygens (including phenoxy) is 1. The van der Waals surface area contributed by atoms with Crippen LogP contribution in [-0.4, -0.2) is 31.2 Å². The van der Waals surface area contributed by atoms with Crippen LogP contribution < -0.4 is 10.1 Å². The zero-order valence-corrected chi connectivity index (χ0v) is 11.3. The number of benzene rings is 1. The quantitative estimate of drug-likeness (QED) is 0.869. The van der Waals surface area contributed by atoms with Gasteiger partial charge in [0.25, 0.3) is 0 Å². The molecule has 94 valence electrons. The molecule has 0 aromatic heterocycles. The maximum Gasteiger partial charge on any atom is 0.119 e. The Kier molecular flexibility index (Phi) is 5.20. The van der Waals surface area contributed by atoms with Crippen LogP contribution in [0.1, 0.15) is 18.4 Å². The smallest absolute Gasteiger partial charge is 0.119 e. The Balaban J connectivity index is 1.73. The van der Waals surface area contributed by atoms with E-state index in [9.17, 15) is 0 Å². The lowest BCUT2D eigenvalue weighted by molar-refractivity contribution is 0.414. The molecule has 1 heterocycles. The molecule has 2 nitrogen and oxygen atoms in total. The summed E-state index contributed by atoms with van der Waals surface area (Å²) in [6, 6.07) is 8.40. The molecule has 17 heavy (non-hydrogen) atoms. The number of piperidine rings is 1. The van der Waals surface area contributed by atoms with E-state index in [1.165, 1.54) is 37.2 Å². The third-order valence-electron chi connectivity index (χ3n) is 3.16. The molecule has 0 spiro atoms. The predicted octanol–water partition coefficient (Wildman–Crippen LogP) is 2.72. The van der Waals surface area contributed by atoms with Crippen molar-refractivity contribution in [1.82, 2.24) is 5.32 Å². The zero-order valence-electron chi connectivity index (χ0n) is 10.4. The highest BCUT2D eigenvalue weighted by Gasteiger charge is 2.12. The van der Waals surface area contributed by atoms with Crippen molar-refractivity contribution >= 4 is 11.8 Å². The lowest BCUT2D eigenvalue weighted by Gasteiger charge is -2.21. The van der Waals surface area contributed by atoms with Gasteiger partial charge in [-0.25, -0.2) is 0 Å². The van der Waals surface area contributed by atoms with Crippen molar-refractivity contribution < 1.29 is 4.74 Å². The van der Waals surface area contributed by atoms with Gasteiger partial charge in [0.15, 0.2) is 0 Å². The van der Waals surface area contributed by atoms with E-state index in [0.29, 0.717) is 0 Å². The van der Waals surface area contributed by atoms with Gasteiger partial charge < -0.3 is 10.1 Å². The first-order chi connectivity index (χ1) is 8.38. The Hall–Kier alpha value is -0.670. The van der Waals surface area contributed by atoms with Crippen molar-refractivity contribution in [3.8, 4) is 5.75 Å². The third-order valence-corrected chi connectivity index (χ3v) is 4.55. The van der Waals surface area contributed by atoms with Crippen molar-refractivity contribution in [2.75, 3.05) is 26.0 Å². The summed E-state index contributed by atoms with van der Waals surface area (Å²) in [5.41, 5.74) is 1.38. The van der Waals surface area contributed by atoms with E-state index in [1.54, 1.807) is 7.11 Å². The fourth-order valence-corrected chi connectivity index (χ4v) is 3.39. The first-order valence-electron chi connectivity index (χ1n) is 6.34. The van der Waals surface area contributed by atoms with Crippen LogP contribution in [-0.2, 0) is 6.42 Å². The average molecular weight is 251 g/mol. The van der Waals surface area contributed by atoms with Crippen LogP contribution in [0.3, 0.4) is 0 Å². The average Bonchev–Trinajstić information content (AvgIpc) is 2.40. The van der Waals surface area contributed by atoms with Gasteiger partial charge in [-0.15, -0.1) is 0 Å². The van der Waals surface area contributed by atoms with Gasteiger partial charge in [0, 0.05) is 5.25 Å². The summed E-state index contributed by atoms with van der Waals surface area (Å²) in [5.74, 6) is 2.19. The van der Waals surface area contributed by atoms with E-state index in [0.717, 1.165) is 17.4 Å². The molecule has 0 saturated carbocycles. The van der Waals surface area contributed by atoms with E-state index in [2.05, 4.69) is 35.3 Å². The van der Waals surface area contributed by atoms with Gasteiger partial charge in [-0.3, -0.25) is 0 Å². The minimum Gasteiger partial charge on any atom is -0.497 e. The van der Waals surface area contributed by atoms with Crippen molar-refractivity contribution in [2.24, 2.45) is 0 Å². The maximum atomic E-state index is 5.24. The molecule has 0 aliphatic carbocycles. The molecule has 3 heteroatoms. The number of hydrogen-bond acceptors (Lipinski definition) is 3. The van der Waals surface area contributed by atoms with Crippen molar-refractivity contribution in [2.45, 2.75) is 24.5 Å². The standard InChI is InChI=1S/C14H21NOS/c1-16-13-4-2-3-12(11-13)7-10-17-14-5-8-15-9-6-14/h2-4,11,14-15H,5-10H2,1H3. The SMILES string of the molecule is COc1cccc(CCSC2CCNCC2)c1. The second-order valence-corrected chi connectivity index (χ2v) is 5.83. The zero-order chi connectivity index (χ0) is 11.9. The Morgan fingerprint density at radius 1 is 1.35 bits per heavy atom. The number of rotatable bonds is 5. The number of methoxy groups -OCH3 is 1. The number of thioether (sulfide) groups is 1. The fraction of sp³-hybridized carbons (Fsp3) is 0.571. The van der Waals surface area contributed by atoms with Crippen molar-refractivity contribution in [3.63, 3.8) is 0 Å². The fourth-order valence-electron chi connectivity index (χ4n) is 2.13.